The molecule has 3 rings (SSSR count). The Morgan fingerprint density at radius 3 is 2.35 bits per heavy atom. The van der Waals surface area contributed by atoms with E-state index in [9.17, 15) is 8.42 Å². The SMILES string of the molecule is CCc1c(C)nc2ccccc2c1NCc1ccccc1CS(C)(=O)=O. The van der Waals surface area contributed by atoms with Crippen molar-refractivity contribution in [2.45, 2.75) is 32.6 Å². The highest BCUT2D eigenvalue weighted by Crippen LogP contribution is 2.29. The molecular weight excluding hydrogens is 344 g/mol. The lowest BCUT2D eigenvalue weighted by molar-refractivity contribution is 0.601. The average Bonchev–Trinajstić information content (AvgIpc) is 2.59. The second kappa shape index (κ2) is 7.46. The van der Waals surface area contributed by atoms with Crippen LogP contribution in [0.1, 0.15) is 29.3 Å². The predicted molar refractivity (Wildman–Crippen MR) is 108 cm³/mol. The number of nitrogens with one attached hydrogen (secondary N) is 1. The monoisotopic (exact) mass is 368 g/mol. The Bertz CT molecular complexity index is 1040. The summed E-state index contributed by atoms with van der Waals surface area (Å²) in [6, 6.07) is 15.8. The van der Waals surface area contributed by atoms with E-state index in [1.807, 2.05) is 49.4 Å². The van der Waals surface area contributed by atoms with Crippen molar-refractivity contribution in [2.24, 2.45) is 0 Å². The molecule has 0 bridgehead atoms. The number of para-hydroxylation sites is 1. The highest BCUT2D eigenvalue weighted by atomic mass is 32.2. The number of benzene rings is 2. The van der Waals surface area contributed by atoms with Gasteiger partial charge in [0.05, 0.1) is 11.3 Å². The fraction of sp³-hybridized carbons (Fsp3) is 0.286. The van der Waals surface area contributed by atoms with Crippen molar-refractivity contribution in [3.8, 4) is 0 Å². The van der Waals surface area contributed by atoms with Gasteiger partial charge in [0.15, 0.2) is 9.84 Å². The number of aryl methyl sites for hydroxylation is 1. The molecule has 0 unspecified atom stereocenters. The Hall–Kier alpha value is -2.40. The number of hydrogen-bond donors (Lipinski definition) is 1. The third-order valence-corrected chi connectivity index (χ3v) is 5.38. The summed E-state index contributed by atoms with van der Waals surface area (Å²) in [6.07, 6.45) is 2.16. The van der Waals surface area contributed by atoms with E-state index >= 15 is 0 Å². The normalized spacial score (nSPS) is 11.7. The third-order valence-electron chi connectivity index (χ3n) is 4.55. The molecule has 1 N–H and O–H groups in total. The van der Waals surface area contributed by atoms with Crippen molar-refractivity contribution < 1.29 is 8.42 Å². The molecule has 0 saturated carbocycles. The molecule has 0 radical (unpaired) electrons. The summed E-state index contributed by atoms with van der Waals surface area (Å²) >= 11 is 0. The molecule has 136 valence electrons. The van der Waals surface area contributed by atoms with Gasteiger partial charge in [0.25, 0.3) is 0 Å². The second-order valence-electron chi connectivity index (χ2n) is 6.61. The highest BCUT2D eigenvalue weighted by Gasteiger charge is 2.13. The number of rotatable bonds is 6. The molecule has 0 atom stereocenters. The first kappa shape index (κ1) is 18.4. The van der Waals surface area contributed by atoms with Gasteiger partial charge in [-0.15, -0.1) is 0 Å². The van der Waals surface area contributed by atoms with E-state index in [0.29, 0.717) is 6.54 Å². The Morgan fingerprint density at radius 2 is 1.65 bits per heavy atom. The van der Waals surface area contributed by atoms with Crippen LogP contribution in [0.4, 0.5) is 5.69 Å². The maximum Gasteiger partial charge on any atom is 0.151 e. The summed E-state index contributed by atoms with van der Waals surface area (Å²) in [5.41, 5.74) is 6.12. The topological polar surface area (TPSA) is 59.1 Å². The minimum atomic E-state index is -3.07. The molecule has 0 aliphatic carbocycles. The lowest BCUT2D eigenvalue weighted by Gasteiger charge is -2.17. The summed E-state index contributed by atoms with van der Waals surface area (Å²) in [6.45, 7) is 4.74. The molecule has 3 aromatic rings. The maximum atomic E-state index is 11.7. The zero-order valence-corrected chi connectivity index (χ0v) is 16.2. The van der Waals surface area contributed by atoms with Crippen LogP contribution in [0.2, 0.25) is 0 Å². The molecule has 1 heterocycles. The van der Waals surface area contributed by atoms with Gasteiger partial charge in [0, 0.05) is 29.6 Å². The zero-order valence-electron chi connectivity index (χ0n) is 15.4. The van der Waals surface area contributed by atoms with Crippen LogP contribution in [0.15, 0.2) is 48.5 Å². The number of anilines is 1. The Balaban J connectivity index is 1.99. The Kier molecular flexibility index (Phi) is 5.28. The number of nitrogens with zero attached hydrogens (tertiary/aromatic N) is 1. The number of aromatic nitrogens is 1. The second-order valence-corrected chi connectivity index (χ2v) is 8.75. The molecule has 1 aromatic heterocycles. The molecule has 26 heavy (non-hydrogen) atoms. The van der Waals surface area contributed by atoms with E-state index in [0.717, 1.165) is 39.8 Å². The van der Waals surface area contributed by atoms with Crippen molar-refractivity contribution in [1.29, 1.82) is 0 Å². The van der Waals surface area contributed by atoms with Gasteiger partial charge in [-0.3, -0.25) is 4.98 Å². The van der Waals surface area contributed by atoms with Crippen LogP contribution in [0.5, 0.6) is 0 Å². The van der Waals surface area contributed by atoms with E-state index in [2.05, 4.69) is 18.3 Å². The first-order chi connectivity index (χ1) is 12.4. The molecule has 0 aliphatic heterocycles. The molecule has 0 spiro atoms. The first-order valence-corrected chi connectivity index (χ1v) is 10.8. The molecule has 0 amide bonds. The average molecular weight is 369 g/mol. The van der Waals surface area contributed by atoms with Crippen molar-refractivity contribution >= 4 is 26.4 Å². The molecule has 2 aromatic carbocycles. The van der Waals surface area contributed by atoms with Crippen molar-refractivity contribution in [3.63, 3.8) is 0 Å². The van der Waals surface area contributed by atoms with Gasteiger partial charge < -0.3 is 5.32 Å². The fourth-order valence-electron chi connectivity index (χ4n) is 3.35. The molecular formula is C21H24N2O2S. The summed E-state index contributed by atoms with van der Waals surface area (Å²) in [7, 11) is -3.07. The maximum absolute atomic E-state index is 11.7. The summed E-state index contributed by atoms with van der Waals surface area (Å²) < 4.78 is 23.4. The first-order valence-electron chi connectivity index (χ1n) is 8.75. The Morgan fingerprint density at radius 1 is 1.00 bits per heavy atom. The zero-order chi connectivity index (χ0) is 18.7. The third kappa shape index (κ3) is 4.05. The van der Waals surface area contributed by atoms with E-state index in [1.165, 1.54) is 11.8 Å². The van der Waals surface area contributed by atoms with Crippen molar-refractivity contribution in [2.75, 3.05) is 11.6 Å². The minimum absolute atomic E-state index is 0.0572. The fourth-order valence-corrected chi connectivity index (χ4v) is 4.19. The van der Waals surface area contributed by atoms with E-state index in [-0.39, 0.29) is 5.75 Å². The van der Waals surface area contributed by atoms with Gasteiger partial charge in [-0.05, 0) is 36.1 Å². The van der Waals surface area contributed by atoms with Crippen molar-refractivity contribution in [3.05, 3.63) is 70.9 Å². The Labute approximate surface area is 155 Å². The van der Waals surface area contributed by atoms with Crippen LogP contribution in [0.25, 0.3) is 10.9 Å². The van der Waals surface area contributed by atoms with Gasteiger partial charge >= 0.3 is 0 Å². The van der Waals surface area contributed by atoms with Crippen LogP contribution in [-0.4, -0.2) is 19.7 Å². The number of sulfone groups is 1. The summed E-state index contributed by atoms with van der Waals surface area (Å²) in [5, 5.41) is 4.65. The van der Waals surface area contributed by atoms with Gasteiger partial charge in [0.2, 0.25) is 0 Å². The predicted octanol–water partition coefficient (Wildman–Crippen LogP) is 4.26. The lowest BCUT2D eigenvalue weighted by atomic mass is 10.0. The van der Waals surface area contributed by atoms with Gasteiger partial charge in [0.1, 0.15) is 0 Å². The van der Waals surface area contributed by atoms with Crippen LogP contribution in [0, 0.1) is 6.92 Å². The van der Waals surface area contributed by atoms with Crippen molar-refractivity contribution in [1.82, 2.24) is 4.98 Å². The van der Waals surface area contributed by atoms with Crippen LogP contribution in [-0.2, 0) is 28.6 Å². The largest absolute Gasteiger partial charge is 0.380 e. The number of hydrogen-bond acceptors (Lipinski definition) is 4. The summed E-state index contributed by atoms with van der Waals surface area (Å²) in [5.74, 6) is 0.0572. The molecule has 0 fully saturated rings. The summed E-state index contributed by atoms with van der Waals surface area (Å²) in [4.78, 5) is 4.71. The lowest BCUT2D eigenvalue weighted by Crippen LogP contribution is -2.09. The molecule has 5 heteroatoms. The quantitative estimate of drug-likeness (QED) is 0.706. The van der Waals surface area contributed by atoms with E-state index < -0.39 is 9.84 Å². The van der Waals surface area contributed by atoms with Crippen LogP contribution in [0.3, 0.4) is 0 Å². The van der Waals surface area contributed by atoms with Gasteiger partial charge in [-0.1, -0.05) is 49.4 Å². The molecule has 0 saturated heterocycles. The number of pyridine rings is 1. The highest BCUT2D eigenvalue weighted by molar-refractivity contribution is 7.89. The molecule has 4 nitrogen and oxygen atoms in total. The van der Waals surface area contributed by atoms with Gasteiger partial charge in [-0.25, -0.2) is 8.42 Å². The van der Waals surface area contributed by atoms with E-state index in [1.54, 1.807) is 0 Å². The van der Waals surface area contributed by atoms with Crippen LogP contribution < -0.4 is 5.32 Å². The van der Waals surface area contributed by atoms with Crippen LogP contribution >= 0.6 is 0 Å². The molecule has 0 aliphatic rings. The smallest absolute Gasteiger partial charge is 0.151 e. The van der Waals surface area contributed by atoms with E-state index in [4.69, 9.17) is 4.98 Å². The van der Waals surface area contributed by atoms with Gasteiger partial charge in [-0.2, -0.15) is 0 Å². The minimum Gasteiger partial charge on any atom is -0.380 e. The standard InChI is InChI=1S/C21H24N2O2S/c1-4-18-15(2)23-20-12-8-7-11-19(20)21(18)22-13-16-9-5-6-10-17(16)14-26(3,24)25/h5-12H,4,13-14H2,1-3H3,(H,22,23). The number of fused-ring (bicyclic) bond motifs is 1.